The Hall–Kier alpha value is -2.67. The maximum absolute atomic E-state index is 12.2. The smallest absolute Gasteiger partial charge is 0.234 e. The Bertz CT molecular complexity index is 905. The number of carbonyl (C=O) groups is 1. The zero-order chi connectivity index (χ0) is 18.5. The number of thioether (sulfide) groups is 1. The summed E-state index contributed by atoms with van der Waals surface area (Å²) in [5.74, 6) is 0.148. The van der Waals surface area contributed by atoms with Gasteiger partial charge in [0.15, 0.2) is 0 Å². The van der Waals surface area contributed by atoms with Gasteiger partial charge in [-0.1, -0.05) is 36.9 Å². The van der Waals surface area contributed by atoms with Crippen molar-refractivity contribution in [3.63, 3.8) is 0 Å². The second-order valence-corrected chi connectivity index (χ2v) is 6.97. The molecule has 3 rings (SSSR count). The third-order valence-corrected chi connectivity index (χ3v) is 5.07. The fourth-order valence-corrected chi connectivity index (χ4v) is 3.13. The Balaban J connectivity index is 1.63. The van der Waals surface area contributed by atoms with Gasteiger partial charge in [0.25, 0.3) is 0 Å². The number of tetrazole rings is 1. The van der Waals surface area contributed by atoms with Crippen LogP contribution in [-0.2, 0) is 11.2 Å². The zero-order valence-corrected chi connectivity index (χ0v) is 15.9. The van der Waals surface area contributed by atoms with Crippen LogP contribution < -0.4 is 5.32 Å². The number of carbonyl (C=O) groups excluding carboxylic acids is 1. The minimum atomic E-state index is -0.0890. The lowest BCUT2D eigenvalue weighted by Crippen LogP contribution is -2.14. The third kappa shape index (κ3) is 4.29. The fourth-order valence-electron chi connectivity index (χ4n) is 2.44. The summed E-state index contributed by atoms with van der Waals surface area (Å²) < 4.78 is 1.65. The summed E-state index contributed by atoms with van der Waals surface area (Å²) in [6, 6.07) is 13.9. The van der Waals surface area contributed by atoms with Crippen molar-refractivity contribution in [2.45, 2.75) is 32.3 Å². The minimum Gasteiger partial charge on any atom is -0.325 e. The SMILES string of the molecule is CCc1ccc(NC(=O)CSc2nnnn2-c2ccc(C)c(C)c2)cc1. The molecule has 1 N–H and O–H groups in total. The van der Waals surface area contributed by atoms with Crippen molar-refractivity contribution >= 4 is 23.4 Å². The van der Waals surface area contributed by atoms with Crippen LogP contribution in [0.4, 0.5) is 5.69 Å². The van der Waals surface area contributed by atoms with Crippen molar-refractivity contribution in [3.8, 4) is 5.69 Å². The number of nitrogens with one attached hydrogen (secondary N) is 1. The van der Waals surface area contributed by atoms with E-state index in [2.05, 4.69) is 34.7 Å². The van der Waals surface area contributed by atoms with Crippen LogP contribution in [0.2, 0.25) is 0 Å². The van der Waals surface area contributed by atoms with Crippen LogP contribution in [0.25, 0.3) is 5.69 Å². The Morgan fingerprint density at radius 3 is 2.58 bits per heavy atom. The first-order chi connectivity index (χ1) is 12.6. The van der Waals surface area contributed by atoms with Crippen LogP contribution in [-0.4, -0.2) is 31.9 Å². The van der Waals surface area contributed by atoms with Gasteiger partial charge in [0.05, 0.1) is 11.4 Å². The second-order valence-electron chi connectivity index (χ2n) is 6.03. The quantitative estimate of drug-likeness (QED) is 0.674. The third-order valence-electron chi connectivity index (χ3n) is 4.15. The highest BCUT2D eigenvalue weighted by molar-refractivity contribution is 7.99. The molecule has 1 aromatic heterocycles. The number of aromatic nitrogens is 4. The first-order valence-electron chi connectivity index (χ1n) is 8.44. The predicted octanol–water partition coefficient (Wildman–Crippen LogP) is 3.57. The van der Waals surface area contributed by atoms with Gasteiger partial charge >= 0.3 is 0 Å². The molecular formula is C19H21N5OS. The summed E-state index contributed by atoms with van der Waals surface area (Å²) in [5.41, 5.74) is 5.30. The molecule has 3 aromatic rings. The molecule has 1 amide bonds. The number of amides is 1. The molecule has 134 valence electrons. The van der Waals surface area contributed by atoms with Gasteiger partial charge in [0.1, 0.15) is 0 Å². The molecule has 0 bridgehead atoms. The van der Waals surface area contributed by atoms with Crippen LogP contribution in [0.1, 0.15) is 23.6 Å². The lowest BCUT2D eigenvalue weighted by atomic mass is 10.1. The van der Waals surface area contributed by atoms with Crippen LogP contribution in [0, 0.1) is 13.8 Å². The Labute approximate surface area is 157 Å². The number of hydrogen-bond donors (Lipinski definition) is 1. The van der Waals surface area contributed by atoms with Gasteiger partial charge in [0, 0.05) is 5.69 Å². The average Bonchev–Trinajstić information content (AvgIpc) is 3.11. The van der Waals surface area contributed by atoms with Crippen molar-refractivity contribution in [2.75, 3.05) is 11.1 Å². The van der Waals surface area contributed by atoms with Crippen LogP contribution >= 0.6 is 11.8 Å². The van der Waals surface area contributed by atoms with E-state index in [9.17, 15) is 4.79 Å². The Kier molecular flexibility index (Phi) is 5.68. The normalized spacial score (nSPS) is 10.7. The van der Waals surface area contributed by atoms with E-state index in [-0.39, 0.29) is 11.7 Å². The van der Waals surface area contributed by atoms with Gasteiger partial charge < -0.3 is 5.32 Å². The van der Waals surface area contributed by atoms with Crippen LogP contribution in [0.15, 0.2) is 47.6 Å². The summed E-state index contributed by atoms with van der Waals surface area (Å²) in [6.45, 7) is 6.21. The Morgan fingerprint density at radius 1 is 1.12 bits per heavy atom. The number of aryl methyl sites for hydroxylation is 3. The summed E-state index contributed by atoms with van der Waals surface area (Å²) in [5, 5.41) is 15.3. The topological polar surface area (TPSA) is 72.7 Å². The van der Waals surface area contributed by atoms with E-state index < -0.39 is 0 Å². The molecule has 7 heteroatoms. The molecule has 0 aliphatic carbocycles. The number of anilines is 1. The van der Waals surface area contributed by atoms with Gasteiger partial charge in [-0.15, -0.1) is 5.10 Å². The van der Waals surface area contributed by atoms with Gasteiger partial charge in [-0.2, -0.15) is 4.68 Å². The van der Waals surface area contributed by atoms with E-state index in [0.717, 1.165) is 17.8 Å². The van der Waals surface area contributed by atoms with E-state index in [1.807, 2.05) is 49.4 Å². The number of hydrogen-bond acceptors (Lipinski definition) is 5. The highest BCUT2D eigenvalue weighted by Gasteiger charge is 2.12. The lowest BCUT2D eigenvalue weighted by Gasteiger charge is -2.08. The standard InChI is InChI=1S/C19H21N5OS/c1-4-15-6-8-16(9-7-15)20-18(25)12-26-19-21-22-23-24(19)17-10-5-13(2)14(3)11-17/h5-11H,4,12H2,1-3H3,(H,20,25). The molecule has 0 saturated carbocycles. The summed E-state index contributed by atoms with van der Waals surface area (Å²) in [4.78, 5) is 12.2. The maximum atomic E-state index is 12.2. The van der Waals surface area contributed by atoms with E-state index in [0.29, 0.717) is 5.16 Å². The zero-order valence-electron chi connectivity index (χ0n) is 15.1. The van der Waals surface area contributed by atoms with Crippen molar-refractivity contribution in [2.24, 2.45) is 0 Å². The number of rotatable bonds is 6. The molecule has 0 saturated heterocycles. The summed E-state index contributed by atoms with van der Waals surface area (Å²) in [6.07, 6.45) is 0.977. The van der Waals surface area contributed by atoms with Gasteiger partial charge in [-0.25, -0.2) is 0 Å². The van der Waals surface area contributed by atoms with E-state index >= 15 is 0 Å². The lowest BCUT2D eigenvalue weighted by molar-refractivity contribution is -0.113. The maximum Gasteiger partial charge on any atom is 0.234 e. The number of nitrogens with zero attached hydrogens (tertiary/aromatic N) is 4. The van der Waals surface area contributed by atoms with Crippen molar-refractivity contribution in [1.82, 2.24) is 20.2 Å². The first-order valence-corrected chi connectivity index (χ1v) is 9.43. The molecule has 6 nitrogen and oxygen atoms in total. The van der Waals surface area contributed by atoms with Crippen LogP contribution in [0.3, 0.4) is 0 Å². The molecular weight excluding hydrogens is 346 g/mol. The molecule has 0 atom stereocenters. The van der Waals surface area contributed by atoms with Gasteiger partial charge in [-0.3, -0.25) is 4.79 Å². The van der Waals surface area contributed by atoms with Crippen molar-refractivity contribution < 1.29 is 4.79 Å². The highest BCUT2D eigenvalue weighted by atomic mass is 32.2. The first kappa shape index (κ1) is 18.1. The molecule has 0 fully saturated rings. The summed E-state index contributed by atoms with van der Waals surface area (Å²) in [7, 11) is 0. The minimum absolute atomic E-state index is 0.0890. The highest BCUT2D eigenvalue weighted by Crippen LogP contribution is 2.20. The van der Waals surface area contributed by atoms with Crippen LogP contribution in [0.5, 0.6) is 0 Å². The second kappa shape index (κ2) is 8.14. The average molecular weight is 367 g/mol. The van der Waals surface area contributed by atoms with Gasteiger partial charge in [0.2, 0.25) is 11.1 Å². The Morgan fingerprint density at radius 2 is 1.88 bits per heavy atom. The van der Waals surface area contributed by atoms with E-state index in [1.54, 1.807) is 4.68 Å². The van der Waals surface area contributed by atoms with E-state index in [1.165, 1.54) is 28.5 Å². The molecule has 0 spiro atoms. The molecule has 0 radical (unpaired) electrons. The van der Waals surface area contributed by atoms with Crippen molar-refractivity contribution in [1.29, 1.82) is 0 Å². The molecule has 0 aliphatic heterocycles. The molecule has 0 unspecified atom stereocenters. The molecule has 26 heavy (non-hydrogen) atoms. The number of benzene rings is 2. The fraction of sp³-hybridized carbons (Fsp3) is 0.263. The van der Waals surface area contributed by atoms with Crippen molar-refractivity contribution in [3.05, 3.63) is 59.2 Å². The predicted molar refractivity (Wildman–Crippen MR) is 104 cm³/mol. The molecule has 2 aromatic carbocycles. The van der Waals surface area contributed by atoms with Gasteiger partial charge in [-0.05, 0) is 71.7 Å². The van der Waals surface area contributed by atoms with E-state index in [4.69, 9.17) is 0 Å². The summed E-state index contributed by atoms with van der Waals surface area (Å²) >= 11 is 1.31. The monoisotopic (exact) mass is 367 g/mol. The molecule has 0 aliphatic rings. The largest absolute Gasteiger partial charge is 0.325 e. The molecule has 1 heterocycles.